The molecule has 0 spiro atoms. The van der Waals surface area contributed by atoms with Gasteiger partial charge in [0.2, 0.25) is 0 Å². The topological polar surface area (TPSA) is 12.9 Å². The summed E-state index contributed by atoms with van der Waals surface area (Å²) in [5.41, 5.74) is 2.68. The first kappa shape index (κ1) is 7.04. The number of thiazole rings is 1. The zero-order chi connectivity index (χ0) is 7.84. The molecule has 11 heavy (non-hydrogen) atoms. The van der Waals surface area contributed by atoms with Gasteiger partial charge >= 0.3 is 0 Å². The summed E-state index contributed by atoms with van der Waals surface area (Å²) in [4.78, 5) is 5.91. The van der Waals surface area contributed by atoms with Crippen molar-refractivity contribution in [2.24, 2.45) is 0 Å². The highest BCUT2D eigenvalue weighted by Gasteiger charge is 2.11. The second-order valence-corrected chi connectivity index (χ2v) is 4.32. The summed E-state index contributed by atoms with van der Waals surface area (Å²) in [6.45, 7) is 4.25. The summed E-state index contributed by atoms with van der Waals surface area (Å²) >= 11 is 1.84. The van der Waals surface area contributed by atoms with E-state index in [2.05, 4.69) is 24.9 Å². The summed E-state index contributed by atoms with van der Waals surface area (Å²) < 4.78 is 0. The van der Waals surface area contributed by atoms with Crippen molar-refractivity contribution in [1.29, 1.82) is 0 Å². The van der Waals surface area contributed by atoms with E-state index < -0.39 is 0 Å². The molecule has 0 amide bonds. The van der Waals surface area contributed by atoms with E-state index >= 15 is 0 Å². The highest BCUT2D eigenvalue weighted by atomic mass is 32.1. The van der Waals surface area contributed by atoms with Crippen LogP contribution in [0.1, 0.15) is 28.9 Å². The molecule has 0 unspecified atom stereocenters. The van der Waals surface area contributed by atoms with Crippen molar-refractivity contribution in [2.45, 2.75) is 26.7 Å². The van der Waals surface area contributed by atoms with Crippen molar-refractivity contribution < 1.29 is 0 Å². The lowest BCUT2D eigenvalue weighted by Gasteiger charge is -2.06. The normalized spacial score (nSPS) is 16.0. The van der Waals surface area contributed by atoms with Crippen LogP contribution in [0, 0.1) is 6.92 Å². The van der Waals surface area contributed by atoms with Crippen LogP contribution in [0.2, 0.25) is 0 Å². The molecule has 0 aliphatic heterocycles. The fourth-order valence-corrected chi connectivity index (χ4v) is 2.31. The molecule has 0 fully saturated rings. The van der Waals surface area contributed by atoms with Crippen LogP contribution in [0.25, 0.3) is 6.08 Å². The van der Waals surface area contributed by atoms with Crippen LogP contribution in [0.3, 0.4) is 0 Å². The van der Waals surface area contributed by atoms with Crippen LogP contribution in [0.5, 0.6) is 0 Å². The Kier molecular flexibility index (Phi) is 1.57. The van der Waals surface area contributed by atoms with Gasteiger partial charge in [0.05, 0.1) is 10.7 Å². The molecule has 1 nitrogen and oxygen atoms in total. The molecule has 1 heterocycles. The lowest BCUT2D eigenvalue weighted by molar-refractivity contribution is 0.938. The lowest BCUT2D eigenvalue weighted by Crippen LogP contribution is -1.93. The largest absolute Gasteiger partial charge is 0.242 e. The zero-order valence-corrected chi connectivity index (χ0v) is 7.66. The quantitative estimate of drug-likeness (QED) is 0.576. The van der Waals surface area contributed by atoms with Gasteiger partial charge in [0.1, 0.15) is 0 Å². The van der Waals surface area contributed by atoms with Crippen LogP contribution >= 0.6 is 11.3 Å². The van der Waals surface area contributed by atoms with E-state index in [1.165, 1.54) is 34.0 Å². The van der Waals surface area contributed by atoms with Gasteiger partial charge in [-0.25, -0.2) is 4.98 Å². The fourth-order valence-electron chi connectivity index (χ4n) is 1.39. The minimum Gasteiger partial charge on any atom is -0.242 e. The summed E-state index contributed by atoms with van der Waals surface area (Å²) in [6, 6.07) is 0. The predicted molar refractivity (Wildman–Crippen MR) is 48.8 cm³/mol. The van der Waals surface area contributed by atoms with E-state index in [0.29, 0.717) is 0 Å². The number of allylic oxidation sites excluding steroid dienone is 1. The first-order valence-electron chi connectivity index (χ1n) is 3.89. The van der Waals surface area contributed by atoms with Crippen molar-refractivity contribution in [3.05, 3.63) is 21.2 Å². The highest BCUT2D eigenvalue weighted by Crippen LogP contribution is 2.27. The van der Waals surface area contributed by atoms with Gasteiger partial charge in [0, 0.05) is 4.88 Å². The Morgan fingerprint density at radius 2 is 2.18 bits per heavy atom. The first-order valence-corrected chi connectivity index (χ1v) is 4.71. The van der Waals surface area contributed by atoms with Crippen LogP contribution in [-0.2, 0) is 6.42 Å². The second-order valence-electron chi connectivity index (χ2n) is 3.03. The molecule has 0 saturated carbocycles. The summed E-state index contributed by atoms with van der Waals surface area (Å²) in [6.07, 6.45) is 4.63. The summed E-state index contributed by atoms with van der Waals surface area (Å²) in [7, 11) is 0. The molecule has 1 aliphatic carbocycles. The molecule has 0 aromatic carbocycles. The Morgan fingerprint density at radius 1 is 1.36 bits per heavy atom. The average molecular weight is 165 g/mol. The van der Waals surface area contributed by atoms with E-state index in [1.54, 1.807) is 0 Å². The molecule has 0 bridgehead atoms. The monoisotopic (exact) mass is 165 g/mol. The Morgan fingerprint density at radius 3 is 3.00 bits per heavy atom. The van der Waals surface area contributed by atoms with Gasteiger partial charge in [0.15, 0.2) is 0 Å². The molecular weight excluding hydrogens is 154 g/mol. The maximum atomic E-state index is 4.44. The lowest BCUT2D eigenvalue weighted by atomic mass is 10.0. The molecular formula is C9H11NS. The molecule has 0 saturated heterocycles. The molecule has 2 rings (SSSR count). The van der Waals surface area contributed by atoms with Gasteiger partial charge in [-0.05, 0) is 32.8 Å². The molecule has 1 aromatic heterocycles. The van der Waals surface area contributed by atoms with E-state index in [4.69, 9.17) is 0 Å². The van der Waals surface area contributed by atoms with Gasteiger partial charge < -0.3 is 0 Å². The van der Waals surface area contributed by atoms with Crippen LogP contribution in [0.4, 0.5) is 0 Å². The van der Waals surface area contributed by atoms with E-state index in [-0.39, 0.29) is 0 Å². The molecule has 58 valence electrons. The summed E-state index contributed by atoms with van der Waals surface area (Å²) in [5, 5.41) is 1.20. The minimum atomic E-state index is 1.20. The molecule has 1 aliphatic rings. The van der Waals surface area contributed by atoms with E-state index in [0.717, 1.165) is 0 Å². The number of fused-ring (bicyclic) bond motifs is 1. The van der Waals surface area contributed by atoms with Crippen molar-refractivity contribution >= 4 is 17.4 Å². The number of hydrogen-bond acceptors (Lipinski definition) is 2. The third kappa shape index (κ3) is 1.23. The summed E-state index contributed by atoms with van der Waals surface area (Å²) in [5.74, 6) is 0. The van der Waals surface area contributed by atoms with Gasteiger partial charge in [-0.1, -0.05) is 5.57 Å². The molecule has 0 atom stereocenters. The Hall–Kier alpha value is -0.630. The third-order valence-electron chi connectivity index (χ3n) is 1.96. The van der Waals surface area contributed by atoms with Gasteiger partial charge in [-0.2, -0.15) is 0 Å². The van der Waals surface area contributed by atoms with Crippen molar-refractivity contribution in [3.8, 4) is 0 Å². The smallest absolute Gasteiger partial charge is 0.0904 e. The van der Waals surface area contributed by atoms with E-state index in [9.17, 15) is 0 Å². The molecule has 0 N–H and O–H groups in total. The Bertz CT molecular complexity index is 309. The fraction of sp³-hybridized carbons (Fsp3) is 0.444. The maximum absolute atomic E-state index is 4.44. The van der Waals surface area contributed by atoms with Gasteiger partial charge in [0.25, 0.3) is 0 Å². The van der Waals surface area contributed by atoms with Crippen LogP contribution < -0.4 is 0 Å². The highest BCUT2D eigenvalue weighted by molar-refractivity contribution is 7.11. The van der Waals surface area contributed by atoms with Crippen LogP contribution in [0.15, 0.2) is 5.57 Å². The molecule has 1 aromatic rings. The SMILES string of the molecule is CC1=Cc2nc(C)sc2CC1. The standard InChI is InChI=1S/C9H11NS/c1-6-3-4-9-8(5-6)10-7(2)11-9/h5H,3-4H2,1-2H3. The average Bonchev–Trinajstić information content (AvgIpc) is 2.27. The van der Waals surface area contributed by atoms with Crippen LogP contribution in [-0.4, -0.2) is 4.98 Å². The number of aryl methyl sites for hydroxylation is 2. The second kappa shape index (κ2) is 2.45. The number of aromatic nitrogens is 1. The zero-order valence-electron chi connectivity index (χ0n) is 6.85. The first-order chi connectivity index (χ1) is 5.25. The number of nitrogens with zero attached hydrogens (tertiary/aromatic N) is 1. The van der Waals surface area contributed by atoms with Crippen molar-refractivity contribution in [1.82, 2.24) is 4.98 Å². The predicted octanol–water partition coefficient (Wildman–Crippen LogP) is 2.80. The number of rotatable bonds is 0. The van der Waals surface area contributed by atoms with Gasteiger partial charge in [-0.3, -0.25) is 0 Å². The maximum Gasteiger partial charge on any atom is 0.0904 e. The van der Waals surface area contributed by atoms with E-state index in [1.807, 2.05) is 11.3 Å². The Labute approximate surface area is 70.8 Å². The third-order valence-corrected chi connectivity index (χ3v) is 3.01. The molecule has 2 heteroatoms. The molecule has 0 radical (unpaired) electrons. The Balaban J connectivity index is 2.50. The minimum absolute atomic E-state index is 1.20. The van der Waals surface area contributed by atoms with Crippen molar-refractivity contribution in [2.75, 3.05) is 0 Å². The number of hydrogen-bond donors (Lipinski definition) is 0. The van der Waals surface area contributed by atoms with Crippen molar-refractivity contribution in [3.63, 3.8) is 0 Å². The van der Waals surface area contributed by atoms with Gasteiger partial charge in [-0.15, -0.1) is 11.3 Å².